The predicted molar refractivity (Wildman–Crippen MR) is 65.4 cm³/mol. The van der Waals surface area contributed by atoms with Gasteiger partial charge in [0.25, 0.3) is 0 Å². The Labute approximate surface area is 95.8 Å². The van der Waals surface area contributed by atoms with E-state index in [0.29, 0.717) is 23.9 Å². The molecule has 1 aromatic carbocycles. The van der Waals surface area contributed by atoms with Gasteiger partial charge < -0.3 is 10.5 Å². The van der Waals surface area contributed by atoms with Gasteiger partial charge in [0.05, 0.1) is 18.0 Å². The fourth-order valence-corrected chi connectivity index (χ4v) is 1.24. The Kier molecular flexibility index (Phi) is 4.17. The maximum absolute atomic E-state index is 11.4. The number of para-hydroxylation sites is 1. The second-order valence-electron chi connectivity index (χ2n) is 4.16. The van der Waals surface area contributed by atoms with Crippen LogP contribution < -0.4 is 11.1 Å². The summed E-state index contributed by atoms with van der Waals surface area (Å²) in [4.78, 5) is 11.4. The van der Waals surface area contributed by atoms with Crippen molar-refractivity contribution < 1.29 is 9.53 Å². The van der Waals surface area contributed by atoms with Gasteiger partial charge in [-0.1, -0.05) is 26.0 Å². The summed E-state index contributed by atoms with van der Waals surface area (Å²) in [6.45, 7) is 6.25. The summed E-state index contributed by atoms with van der Waals surface area (Å²) in [5.74, 6) is 0.319. The molecular weight excluding hydrogens is 204 g/mol. The van der Waals surface area contributed by atoms with Crippen LogP contribution in [0.25, 0.3) is 0 Å². The van der Waals surface area contributed by atoms with Gasteiger partial charge in [-0.05, 0) is 24.5 Å². The molecule has 1 aromatic rings. The summed E-state index contributed by atoms with van der Waals surface area (Å²) in [6, 6.07) is 5.47. The summed E-state index contributed by atoms with van der Waals surface area (Å²) in [7, 11) is 0. The fourth-order valence-electron chi connectivity index (χ4n) is 1.24. The maximum Gasteiger partial charge on any atom is 0.411 e. The number of carbonyl (C=O) groups excluding carboxylic acids is 1. The molecule has 0 aromatic heterocycles. The van der Waals surface area contributed by atoms with Gasteiger partial charge in [0.15, 0.2) is 0 Å². The standard InChI is InChI=1S/C12H18N2O2/c1-8(2)7-16-12(15)14-11-9(3)5-4-6-10(11)13/h4-6,8H,7,13H2,1-3H3,(H,14,15). The third-order valence-electron chi connectivity index (χ3n) is 2.08. The topological polar surface area (TPSA) is 64.3 Å². The van der Waals surface area contributed by atoms with Crippen molar-refractivity contribution in [3.8, 4) is 0 Å². The first-order valence-corrected chi connectivity index (χ1v) is 5.29. The van der Waals surface area contributed by atoms with Gasteiger partial charge in [0.1, 0.15) is 0 Å². The zero-order valence-electron chi connectivity index (χ0n) is 9.91. The van der Waals surface area contributed by atoms with E-state index in [1.54, 1.807) is 6.07 Å². The second-order valence-corrected chi connectivity index (χ2v) is 4.16. The molecule has 0 bridgehead atoms. The van der Waals surface area contributed by atoms with Gasteiger partial charge in [-0.25, -0.2) is 4.79 Å². The van der Waals surface area contributed by atoms with Gasteiger partial charge >= 0.3 is 6.09 Å². The van der Waals surface area contributed by atoms with E-state index in [0.717, 1.165) is 5.56 Å². The highest BCUT2D eigenvalue weighted by atomic mass is 16.5. The van der Waals surface area contributed by atoms with Gasteiger partial charge in [-0.3, -0.25) is 5.32 Å². The van der Waals surface area contributed by atoms with E-state index < -0.39 is 6.09 Å². The Morgan fingerprint density at radius 1 is 1.50 bits per heavy atom. The Bertz CT molecular complexity index is 355. The van der Waals surface area contributed by atoms with Gasteiger partial charge in [-0.2, -0.15) is 0 Å². The molecule has 88 valence electrons. The Morgan fingerprint density at radius 3 is 2.75 bits per heavy atom. The molecule has 3 N–H and O–H groups in total. The first-order valence-electron chi connectivity index (χ1n) is 5.29. The van der Waals surface area contributed by atoms with E-state index in [-0.39, 0.29) is 0 Å². The van der Waals surface area contributed by atoms with Gasteiger partial charge in [0, 0.05) is 0 Å². The molecule has 4 heteroatoms. The van der Waals surface area contributed by atoms with Crippen molar-refractivity contribution in [2.45, 2.75) is 20.8 Å². The number of anilines is 2. The third kappa shape index (κ3) is 3.46. The molecule has 0 spiro atoms. The van der Waals surface area contributed by atoms with Crippen molar-refractivity contribution in [3.63, 3.8) is 0 Å². The number of hydrogen-bond acceptors (Lipinski definition) is 3. The van der Waals surface area contributed by atoms with Crippen molar-refractivity contribution in [2.24, 2.45) is 5.92 Å². The number of ether oxygens (including phenoxy) is 1. The molecule has 0 heterocycles. The number of nitrogens with two attached hydrogens (primary N) is 1. The van der Waals surface area contributed by atoms with Crippen molar-refractivity contribution >= 4 is 17.5 Å². The number of nitrogens with one attached hydrogen (secondary N) is 1. The van der Waals surface area contributed by atoms with E-state index in [2.05, 4.69) is 5.32 Å². The molecule has 16 heavy (non-hydrogen) atoms. The van der Waals surface area contributed by atoms with Crippen LogP contribution >= 0.6 is 0 Å². The molecule has 0 saturated carbocycles. The Balaban J connectivity index is 2.63. The number of rotatable bonds is 3. The minimum absolute atomic E-state index is 0.319. The maximum atomic E-state index is 11.4. The zero-order valence-corrected chi connectivity index (χ0v) is 9.91. The lowest BCUT2D eigenvalue weighted by Gasteiger charge is -2.12. The number of hydrogen-bond donors (Lipinski definition) is 2. The average Bonchev–Trinajstić information content (AvgIpc) is 2.21. The molecule has 0 aliphatic carbocycles. The van der Waals surface area contributed by atoms with Crippen molar-refractivity contribution in [2.75, 3.05) is 17.7 Å². The number of benzene rings is 1. The smallest absolute Gasteiger partial charge is 0.411 e. The lowest BCUT2D eigenvalue weighted by Crippen LogP contribution is -2.18. The van der Waals surface area contributed by atoms with Crippen molar-refractivity contribution in [1.82, 2.24) is 0 Å². The molecule has 1 amide bonds. The Morgan fingerprint density at radius 2 is 2.19 bits per heavy atom. The minimum Gasteiger partial charge on any atom is -0.449 e. The summed E-state index contributed by atoms with van der Waals surface area (Å²) in [5, 5.41) is 2.65. The van der Waals surface area contributed by atoms with Crippen LogP contribution in [0.4, 0.5) is 16.2 Å². The van der Waals surface area contributed by atoms with E-state index in [1.165, 1.54) is 0 Å². The lowest BCUT2D eigenvalue weighted by molar-refractivity contribution is 0.147. The Hall–Kier alpha value is -1.71. The van der Waals surface area contributed by atoms with Crippen LogP contribution in [0.5, 0.6) is 0 Å². The van der Waals surface area contributed by atoms with Crippen LogP contribution in [0.1, 0.15) is 19.4 Å². The van der Waals surface area contributed by atoms with E-state index in [1.807, 2.05) is 32.9 Å². The quantitative estimate of drug-likeness (QED) is 0.773. The number of nitrogen functional groups attached to an aromatic ring is 1. The molecule has 0 unspecified atom stereocenters. The summed E-state index contributed by atoms with van der Waals surface area (Å²) in [5.41, 5.74) is 7.84. The lowest BCUT2D eigenvalue weighted by atomic mass is 10.2. The van der Waals surface area contributed by atoms with Crippen LogP contribution in [0.3, 0.4) is 0 Å². The van der Waals surface area contributed by atoms with Crippen LogP contribution in [0.15, 0.2) is 18.2 Å². The molecule has 0 atom stereocenters. The summed E-state index contributed by atoms with van der Waals surface area (Å²) >= 11 is 0. The molecule has 1 rings (SSSR count). The largest absolute Gasteiger partial charge is 0.449 e. The van der Waals surface area contributed by atoms with Gasteiger partial charge in [-0.15, -0.1) is 0 Å². The second kappa shape index (κ2) is 5.39. The van der Waals surface area contributed by atoms with Crippen molar-refractivity contribution in [3.05, 3.63) is 23.8 Å². The monoisotopic (exact) mass is 222 g/mol. The van der Waals surface area contributed by atoms with Crippen LogP contribution in [-0.4, -0.2) is 12.7 Å². The molecule has 4 nitrogen and oxygen atoms in total. The molecule has 0 fully saturated rings. The fraction of sp³-hybridized carbons (Fsp3) is 0.417. The number of amides is 1. The average molecular weight is 222 g/mol. The summed E-state index contributed by atoms with van der Waals surface area (Å²) < 4.78 is 5.01. The first kappa shape index (κ1) is 12.4. The van der Waals surface area contributed by atoms with Gasteiger partial charge in [0.2, 0.25) is 0 Å². The summed E-state index contributed by atoms with van der Waals surface area (Å²) in [6.07, 6.45) is -0.463. The van der Waals surface area contributed by atoms with Crippen LogP contribution in [-0.2, 0) is 4.74 Å². The van der Waals surface area contributed by atoms with E-state index >= 15 is 0 Å². The molecule has 0 radical (unpaired) electrons. The number of carbonyl (C=O) groups is 1. The molecule has 0 aliphatic heterocycles. The molecule has 0 aliphatic rings. The highest BCUT2D eigenvalue weighted by molar-refractivity contribution is 5.90. The van der Waals surface area contributed by atoms with E-state index in [4.69, 9.17) is 10.5 Å². The highest BCUT2D eigenvalue weighted by Crippen LogP contribution is 2.22. The van der Waals surface area contributed by atoms with Crippen LogP contribution in [0.2, 0.25) is 0 Å². The highest BCUT2D eigenvalue weighted by Gasteiger charge is 2.08. The first-order chi connectivity index (χ1) is 7.50. The van der Waals surface area contributed by atoms with Crippen LogP contribution in [0, 0.1) is 12.8 Å². The minimum atomic E-state index is -0.463. The van der Waals surface area contributed by atoms with Crippen molar-refractivity contribution in [1.29, 1.82) is 0 Å². The molecule has 0 saturated heterocycles. The third-order valence-corrected chi connectivity index (χ3v) is 2.08. The van der Waals surface area contributed by atoms with E-state index in [9.17, 15) is 4.79 Å². The normalized spacial score (nSPS) is 10.2. The SMILES string of the molecule is Cc1cccc(N)c1NC(=O)OCC(C)C. The zero-order chi connectivity index (χ0) is 12.1. The molecular formula is C12H18N2O2. The number of aryl methyl sites for hydroxylation is 1. The predicted octanol–water partition coefficient (Wildman–Crippen LogP) is 2.78.